The Kier molecular flexibility index (Phi) is 15.5. The first kappa shape index (κ1) is 53.7. The Morgan fingerprint density at radius 1 is 0.975 bits per heavy atom. The number of carbonyl (C=O) groups excluding carboxylic acids is 2. The van der Waals surface area contributed by atoms with E-state index in [0.717, 1.165) is 66.9 Å². The number of phenols is 1. The zero-order valence-corrected chi connectivity index (χ0v) is 45.4. The lowest BCUT2D eigenvalue weighted by atomic mass is 9.91. The van der Waals surface area contributed by atoms with Gasteiger partial charge in [0.25, 0.3) is 5.88 Å². The van der Waals surface area contributed by atoms with E-state index in [0.29, 0.717) is 54.5 Å². The summed E-state index contributed by atoms with van der Waals surface area (Å²) in [6, 6.07) is 14.5. The molecular weight excluding hydrogens is 1030 g/mol. The molecule has 6 atom stereocenters. The highest BCUT2D eigenvalue weighted by Gasteiger charge is 2.44. The molecule has 79 heavy (non-hydrogen) atoms. The van der Waals surface area contributed by atoms with Crippen molar-refractivity contribution >= 4 is 50.6 Å². The van der Waals surface area contributed by atoms with Crippen molar-refractivity contribution in [2.75, 3.05) is 57.4 Å². The lowest BCUT2D eigenvalue weighted by molar-refractivity contribution is -0.141. The molecule has 0 aliphatic carbocycles. The van der Waals surface area contributed by atoms with Crippen LogP contribution in [0.25, 0.3) is 43.4 Å². The predicted octanol–water partition coefficient (Wildman–Crippen LogP) is 8.31. The molecule has 20 heteroatoms. The Hall–Kier alpha value is -7.31. The first-order valence-corrected chi connectivity index (χ1v) is 28.1. The van der Waals surface area contributed by atoms with Crippen LogP contribution in [0.5, 0.6) is 17.6 Å². The maximum Gasteiger partial charge on any atom is 0.319 e. The molecule has 412 valence electrons. The van der Waals surface area contributed by atoms with Crippen LogP contribution in [-0.4, -0.2) is 134 Å². The summed E-state index contributed by atoms with van der Waals surface area (Å²) in [5.74, 6) is 0.749. The van der Waals surface area contributed by atoms with Gasteiger partial charge < -0.3 is 44.6 Å². The van der Waals surface area contributed by atoms with Gasteiger partial charge in [-0.15, -0.1) is 17.8 Å². The van der Waals surface area contributed by atoms with Gasteiger partial charge in [-0.1, -0.05) is 50.1 Å². The number of rotatable bonds is 17. The van der Waals surface area contributed by atoms with E-state index in [1.807, 2.05) is 57.5 Å². The maximum atomic E-state index is 17.0. The lowest BCUT2D eigenvalue weighted by Crippen LogP contribution is -2.51. The number of hydrogen-bond donors (Lipinski definition) is 4. The Labute approximate surface area is 460 Å². The number of β-amino-alcohol motifs (C(OH)–C–C–N with tert-alkyl or cyclic N) is 1. The molecule has 0 spiro atoms. The SMILES string of the molecule is C#Cc1c(F)ccc2cc(O)cc(-c3ncc4c(N5CC6CCC(C5)N6)nc(OCCN5CCC(CCOc6cc([C@H](C(=O)N7C[C@H](O)C[C@H]7C(=O)N[C@@H](C)c7ccc(-c8scnc8C)cc7)C(C)C)on6)CC5)nc4c3F)c12. The number of ether oxygens (including phenoxy) is 2. The highest BCUT2D eigenvalue weighted by molar-refractivity contribution is 7.13. The second-order valence-corrected chi connectivity index (χ2v) is 22.6. The zero-order valence-electron chi connectivity index (χ0n) is 44.6. The number of aliphatic hydroxyl groups excluding tert-OH is 1. The van der Waals surface area contributed by atoms with E-state index in [4.69, 9.17) is 25.4 Å². The molecule has 4 aliphatic rings. The molecule has 17 nitrogen and oxygen atoms in total. The van der Waals surface area contributed by atoms with Gasteiger partial charge in [0.15, 0.2) is 11.6 Å². The van der Waals surface area contributed by atoms with Gasteiger partial charge in [-0.25, -0.2) is 13.8 Å². The van der Waals surface area contributed by atoms with Crippen LogP contribution in [-0.2, 0) is 9.59 Å². The number of amides is 2. The maximum absolute atomic E-state index is 17.0. The number of aliphatic hydroxyl groups is 1. The number of benzene rings is 3. The van der Waals surface area contributed by atoms with E-state index >= 15 is 8.78 Å². The van der Waals surface area contributed by atoms with Crippen molar-refractivity contribution < 1.29 is 42.6 Å². The van der Waals surface area contributed by atoms with Crippen molar-refractivity contribution in [2.24, 2.45) is 11.8 Å². The summed E-state index contributed by atoms with van der Waals surface area (Å²) in [7, 11) is 0. The molecule has 4 aliphatic heterocycles. The molecule has 11 rings (SSSR count). The predicted molar refractivity (Wildman–Crippen MR) is 296 cm³/mol. The van der Waals surface area contributed by atoms with Crippen molar-refractivity contribution in [1.29, 1.82) is 0 Å². The number of fused-ring (bicyclic) bond motifs is 4. The number of phenolic OH excluding ortho intramolecular Hbond substituents is 1. The van der Waals surface area contributed by atoms with Crippen molar-refractivity contribution in [2.45, 2.75) is 102 Å². The first-order valence-electron chi connectivity index (χ1n) is 27.2. The Morgan fingerprint density at radius 2 is 1.75 bits per heavy atom. The van der Waals surface area contributed by atoms with Crippen LogP contribution < -0.4 is 25.0 Å². The molecular formula is C59H64F2N10O7S. The minimum absolute atomic E-state index is 0.00567. The van der Waals surface area contributed by atoms with E-state index in [-0.39, 0.29) is 101 Å². The fourth-order valence-electron chi connectivity index (χ4n) is 11.9. The summed E-state index contributed by atoms with van der Waals surface area (Å²) in [5.41, 5.74) is 4.69. The van der Waals surface area contributed by atoms with Gasteiger partial charge in [0.1, 0.15) is 47.2 Å². The number of aromatic nitrogens is 5. The topological polar surface area (TPSA) is 204 Å². The second kappa shape index (κ2) is 22.8. The molecule has 2 unspecified atom stereocenters. The fourth-order valence-corrected chi connectivity index (χ4v) is 12.7. The third-order valence-electron chi connectivity index (χ3n) is 16.1. The third kappa shape index (κ3) is 11.2. The summed E-state index contributed by atoms with van der Waals surface area (Å²) in [6.07, 6.45) is 11.3. The minimum Gasteiger partial charge on any atom is -0.508 e. The number of nitrogens with one attached hydrogen (secondary N) is 2. The number of halogens is 2. The van der Waals surface area contributed by atoms with Gasteiger partial charge in [0.2, 0.25) is 11.8 Å². The Morgan fingerprint density at radius 3 is 2.47 bits per heavy atom. The van der Waals surface area contributed by atoms with E-state index in [1.165, 1.54) is 35.4 Å². The van der Waals surface area contributed by atoms with Gasteiger partial charge in [-0.3, -0.25) is 19.5 Å². The highest BCUT2D eigenvalue weighted by atomic mass is 32.1. The molecule has 8 heterocycles. The number of terminal acetylenes is 1. The minimum atomic E-state index is -0.856. The number of anilines is 1. The molecule has 4 fully saturated rings. The lowest BCUT2D eigenvalue weighted by Gasteiger charge is -2.34. The summed E-state index contributed by atoms with van der Waals surface area (Å²) in [4.78, 5) is 53.5. The van der Waals surface area contributed by atoms with E-state index < -0.39 is 29.7 Å². The Balaban J connectivity index is 0.687. The summed E-state index contributed by atoms with van der Waals surface area (Å²) in [6.45, 7) is 12.0. The van der Waals surface area contributed by atoms with Gasteiger partial charge in [-0.05, 0) is 111 Å². The van der Waals surface area contributed by atoms with Crippen LogP contribution >= 0.6 is 11.3 Å². The summed E-state index contributed by atoms with van der Waals surface area (Å²) in [5, 5.41) is 33.4. The quantitative estimate of drug-likeness (QED) is 0.0634. The third-order valence-corrected chi connectivity index (χ3v) is 17.1. The number of hydrogen-bond acceptors (Lipinski definition) is 16. The van der Waals surface area contributed by atoms with Crippen LogP contribution in [0.1, 0.15) is 93.8 Å². The highest BCUT2D eigenvalue weighted by Crippen LogP contribution is 2.40. The number of aryl methyl sites for hydroxylation is 1. The standard InChI is InChI=1S/C59H64F2N10O7S/c1-6-43-46(60)14-11-38-23-41(72)24-44(51(38)43)53-52(61)54-45(27-62-53)56(70-28-39-12-13-40(29-70)65-39)67-59(66-54)77-22-20-69-18-15-35(16-19-69)17-21-76-49-26-48(78-68-49)50(32(2)3)58(75)71-30-42(73)25-47(71)57(74)64-33(4)36-7-9-37(10-8-36)55-34(5)63-31-79-55/h1,7-11,14,23-24,26-27,31-33,35,39-40,42,47,50,65,72-73H,12-13,15-22,25,28-30H2,2-5H3,(H,64,74)/t33-,39?,40?,42+,47-,50+/m0/s1. The van der Waals surface area contributed by atoms with Crippen molar-refractivity contribution in [1.82, 2.24) is 45.5 Å². The molecule has 3 aromatic carbocycles. The summed E-state index contributed by atoms with van der Waals surface area (Å²) >= 11 is 1.58. The largest absolute Gasteiger partial charge is 0.508 e. The molecule has 7 aromatic rings. The van der Waals surface area contributed by atoms with Crippen LogP contribution in [0.4, 0.5) is 14.6 Å². The number of aromatic hydroxyl groups is 1. The van der Waals surface area contributed by atoms with Crippen LogP contribution in [0.2, 0.25) is 0 Å². The second-order valence-electron chi connectivity index (χ2n) is 21.8. The van der Waals surface area contributed by atoms with Crippen LogP contribution in [0.15, 0.2) is 70.8 Å². The number of nitrogens with zero attached hydrogens (tertiary/aromatic N) is 8. The molecule has 4 saturated heterocycles. The monoisotopic (exact) mass is 1090 g/mol. The van der Waals surface area contributed by atoms with E-state index in [9.17, 15) is 19.8 Å². The van der Waals surface area contributed by atoms with Crippen molar-refractivity contribution in [3.05, 3.63) is 101 Å². The number of pyridine rings is 1. The smallest absolute Gasteiger partial charge is 0.319 e. The number of piperazine rings is 1. The zero-order chi connectivity index (χ0) is 55.1. The van der Waals surface area contributed by atoms with Gasteiger partial charge in [0, 0.05) is 67.9 Å². The fraction of sp³-hybridized carbons (Fsp3) is 0.441. The summed E-state index contributed by atoms with van der Waals surface area (Å²) < 4.78 is 50.1. The normalized spacial score (nSPS) is 20.5. The molecule has 0 radical (unpaired) electrons. The van der Waals surface area contributed by atoms with Crippen molar-refractivity contribution in [3.63, 3.8) is 0 Å². The molecule has 0 saturated carbocycles. The number of carbonyl (C=O) groups is 2. The number of likely N-dealkylation sites (tertiary alicyclic amines) is 2. The molecule has 4 aromatic heterocycles. The average molecular weight is 1100 g/mol. The van der Waals surface area contributed by atoms with Crippen LogP contribution in [0.3, 0.4) is 0 Å². The van der Waals surface area contributed by atoms with Crippen molar-refractivity contribution in [3.8, 4) is 51.7 Å². The first-order chi connectivity index (χ1) is 38.2. The van der Waals surface area contributed by atoms with Gasteiger partial charge in [-0.2, -0.15) is 9.97 Å². The van der Waals surface area contributed by atoms with E-state index in [2.05, 4.69) is 46.5 Å². The van der Waals surface area contributed by atoms with Gasteiger partial charge in [0.05, 0.1) is 45.8 Å². The van der Waals surface area contributed by atoms with Gasteiger partial charge >= 0.3 is 6.01 Å². The van der Waals surface area contributed by atoms with Crippen LogP contribution in [0, 0.1) is 42.7 Å². The number of thiazole rings is 1. The number of piperidine rings is 1. The molecule has 2 amide bonds. The molecule has 2 bridgehead atoms. The molecule has 4 N–H and O–H groups in total. The average Bonchev–Trinajstić information content (AvgIpc) is 4.30. The Bertz CT molecular complexity index is 3420. The van der Waals surface area contributed by atoms with E-state index in [1.54, 1.807) is 17.4 Å².